The largest absolute Gasteiger partial charge is 0.497 e. The van der Waals surface area contributed by atoms with E-state index in [0.717, 1.165) is 0 Å². The molecule has 0 saturated heterocycles. The minimum Gasteiger partial charge on any atom is -0.497 e. The zero-order chi connectivity index (χ0) is 24.1. The van der Waals surface area contributed by atoms with Crippen molar-refractivity contribution >= 4 is 40.9 Å². The summed E-state index contributed by atoms with van der Waals surface area (Å²) < 4.78 is 7.04. The number of nitrogens with one attached hydrogen (secondary N) is 1. The lowest BCUT2D eigenvalue weighted by Gasteiger charge is -2.13. The lowest BCUT2D eigenvalue weighted by Crippen LogP contribution is -2.24. The highest BCUT2D eigenvalue weighted by Gasteiger charge is 2.18. The number of thioether (sulfide) groups is 1. The molecule has 1 N–H and O–H groups in total. The normalized spacial score (nSPS) is 10.8. The van der Waals surface area contributed by atoms with Crippen LogP contribution in [0.15, 0.2) is 71.9 Å². The summed E-state index contributed by atoms with van der Waals surface area (Å²) >= 11 is 14.3. The second kappa shape index (κ2) is 11.0. The molecule has 0 bridgehead atoms. The lowest BCUT2D eigenvalue weighted by molar-refractivity contribution is 0.0949. The summed E-state index contributed by atoms with van der Waals surface area (Å²) in [7, 11) is 1.56. The van der Waals surface area contributed by atoms with Gasteiger partial charge in [-0.1, -0.05) is 70.9 Å². The summed E-state index contributed by atoms with van der Waals surface area (Å²) in [6, 6.07) is 20.5. The first-order valence-electron chi connectivity index (χ1n) is 10.4. The van der Waals surface area contributed by atoms with Gasteiger partial charge in [0.15, 0.2) is 11.0 Å². The Morgan fingerprint density at radius 3 is 2.68 bits per heavy atom. The van der Waals surface area contributed by atoms with Crippen LogP contribution in [-0.4, -0.2) is 27.8 Å². The summed E-state index contributed by atoms with van der Waals surface area (Å²) in [5, 5.41) is 13.3. The number of aryl methyl sites for hydroxylation is 1. The molecule has 0 fully saturated rings. The van der Waals surface area contributed by atoms with Crippen molar-refractivity contribution in [3.8, 4) is 11.4 Å². The van der Waals surface area contributed by atoms with Crippen LogP contribution >= 0.6 is 35.0 Å². The van der Waals surface area contributed by atoms with Gasteiger partial charge < -0.3 is 10.1 Å². The number of halogens is 2. The molecule has 0 unspecified atom stereocenters. The number of hydrogen-bond donors (Lipinski definition) is 1. The zero-order valence-corrected chi connectivity index (χ0v) is 20.9. The van der Waals surface area contributed by atoms with Crippen LogP contribution in [0.3, 0.4) is 0 Å². The number of rotatable bonds is 8. The van der Waals surface area contributed by atoms with Crippen LogP contribution in [-0.2, 0) is 12.3 Å². The average Bonchev–Trinajstić information content (AvgIpc) is 3.25. The third-order valence-corrected chi connectivity index (χ3v) is 6.59. The second-order valence-electron chi connectivity index (χ2n) is 7.52. The number of methoxy groups -OCH3 is 1. The molecule has 6 nitrogen and oxygen atoms in total. The number of benzene rings is 3. The summed E-state index contributed by atoms with van der Waals surface area (Å²) in [4.78, 5) is 12.7. The number of carbonyl (C=O) groups is 1. The van der Waals surface area contributed by atoms with Crippen molar-refractivity contribution in [2.24, 2.45) is 0 Å². The molecule has 1 heterocycles. The van der Waals surface area contributed by atoms with Gasteiger partial charge in [-0.25, -0.2) is 0 Å². The summed E-state index contributed by atoms with van der Waals surface area (Å²) in [5.74, 6) is 1.59. The molecule has 0 spiro atoms. The second-order valence-corrected chi connectivity index (χ2v) is 9.31. The minimum absolute atomic E-state index is 0.150. The van der Waals surface area contributed by atoms with E-state index in [1.54, 1.807) is 49.6 Å². The first-order chi connectivity index (χ1) is 16.4. The number of amides is 1. The molecule has 34 heavy (non-hydrogen) atoms. The molecule has 174 valence electrons. The Labute approximate surface area is 212 Å². The number of hydrogen-bond acceptors (Lipinski definition) is 5. The number of ether oxygens (including phenoxy) is 1. The maximum atomic E-state index is 12.7. The third kappa shape index (κ3) is 5.73. The van der Waals surface area contributed by atoms with Crippen molar-refractivity contribution in [3.63, 3.8) is 0 Å². The molecule has 0 aliphatic carbocycles. The van der Waals surface area contributed by atoms with Gasteiger partial charge in [-0.2, -0.15) is 0 Å². The highest BCUT2D eigenvalue weighted by molar-refractivity contribution is 7.98. The molecule has 1 amide bonds. The molecule has 0 aliphatic rings. The Bertz CT molecular complexity index is 1330. The van der Waals surface area contributed by atoms with Gasteiger partial charge in [-0.05, 0) is 48.9 Å². The highest BCUT2D eigenvalue weighted by atomic mass is 35.5. The SMILES string of the molecule is COc1cccc(C(=O)NCc2nnc(SCc3cccc(C)c3)n2-c2cc(Cl)ccc2Cl)c1. The Morgan fingerprint density at radius 2 is 1.88 bits per heavy atom. The van der Waals surface area contributed by atoms with Crippen LogP contribution in [0, 0.1) is 6.92 Å². The standard InChI is InChI=1S/C25H22Cl2N4O2S/c1-16-5-3-6-17(11-16)15-34-25-30-29-23(31(25)22-13-19(26)9-10-21(22)27)14-28-24(32)18-7-4-8-20(12-18)33-2/h3-13H,14-15H2,1-2H3,(H,28,32). The average molecular weight is 513 g/mol. The zero-order valence-electron chi connectivity index (χ0n) is 18.6. The smallest absolute Gasteiger partial charge is 0.251 e. The van der Waals surface area contributed by atoms with Crippen LogP contribution in [0.1, 0.15) is 27.3 Å². The topological polar surface area (TPSA) is 69.0 Å². The van der Waals surface area contributed by atoms with Gasteiger partial charge in [-0.15, -0.1) is 10.2 Å². The van der Waals surface area contributed by atoms with Gasteiger partial charge in [0.1, 0.15) is 5.75 Å². The van der Waals surface area contributed by atoms with Crippen molar-refractivity contribution < 1.29 is 9.53 Å². The Kier molecular flexibility index (Phi) is 7.77. The molecule has 0 atom stereocenters. The summed E-state index contributed by atoms with van der Waals surface area (Å²) in [5.41, 5.74) is 3.50. The van der Waals surface area contributed by atoms with Crippen molar-refractivity contribution in [3.05, 3.63) is 99.3 Å². The van der Waals surface area contributed by atoms with Gasteiger partial charge >= 0.3 is 0 Å². The third-order valence-electron chi connectivity index (χ3n) is 5.04. The first-order valence-corrected chi connectivity index (χ1v) is 12.2. The minimum atomic E-state index is -0.250. The van der Waals surface area contributed by atoms with E-state index in [9.17, 15) is 4.79 Å². The summed E-state index contributed by atoms with van der Waals surface area (Å²) in [6.07, 6.45) is 0. The maximum absolute atomic E-state index is 12.7. The fourth-order valence-electron chi connectivity index (χ4n) is 3.38. The molecule has 0 saturated carbocycles. The molecular formula is C25H22Cl2N4O2S. The fraction of sp³-hybridized carbons (Fsp3) is 0.160. The van der Waals surface area contributed by atoms with E-state index in [2.05, 4.69) is 40.6 Å². The van der Waals surface area contributed by atoms with Crippen molar-refractivity contribution in [1.82, 2.24) is 20.1 Å². The van der Waals surface area contributed by atoms with Crippen LogP contribution in [0.25, 0.3) is 5.69 Å². The van der Waals surface area contributed by atoms with Gasteiger partial charge in [0, 0.05) is 16.3 Å². The number of nitrogens with zero attached hydrogens (tertiary/aromatic N) is 3. The number of carbonyl (C=O) groups excluding carboxylic acids is 1. The van der Waals surface area contributed by atoms with Crippen LogP contribution in [0.5, 0.6) is 5.75 Å². The first kappa shape index (κ1) is 24.1. The fourth-order valence-corrected chi connectivity index (χ4v) is 4.66. The van der Waals surface area contributed by atoms with E-state index in [1.165, 1.54) is 22.9 Å². The van der Waals surface area contributed by atoms with Crippen molar-refractivity contribution in [1.29, 1.82) is 0 Å². The van der Waals surface area contributed by atoms with Crippen molar-refractivity contribution in [2.75, 3.05) is 7.11 Å². The van der Waals surface area contributed by atoms with E-state index >= 15 is 0 Å². The Morgan fingerprint density at radius 1 is 1.06 bits per heavy atom. The van der Waals surface area contributed by atoms with Crippen LogP contribution < -0.4 is 10.1 Å². The molecule has 0 aliphatic heterocycles. The van der Waals surface area contributed by atoms with Gasteiger partial charge in [0.25, 0.3) is 5.91 Å². The number of aromatic nitrogens is 3. The van der Waals surface area contributed by atoms with E-state index in [4.69, 9.17) is 27.9 Å². The molecule has 1 aromatic heterocycles. The van der Waals surface area contributed by atoms with E-state index in [0.29, 0.717) is 43.8 Å². The van der Waals surface area contributed by atoms with Gasteiger partial charge in [-0.3, -0.25) is 9.36 Å². The molecule has 4 rings (SSSR count). The van der Waals surface area contributed by atoms with Crippen LogP contribution in [0.2, 0.25) is 10.0 Å². The highest BCUT2D eigenvalue weighted by Crippen LogP contribution is 2.31. The van der Waals surface area contributed by atoms with E-state index < -0.39 is 0 Å². The molecule has 0 radical (unpaired) electrons. The molecule has 4 aromatic rings. The predicted molar refractivity (Wildman–Crippen MR) is 136 cm³/mol. The van der Waals surface area contributed by atoms with E-state index in [-0.39, 0.29) is 12.5 Å². The lowest BCUT2D eigenvalue weighted by atomic mass is 10.2. The Hall–Kier alpha value is -3.00. The maximum Gasteiger partial charge on any atom is 0.251 e. The predicted octanol–water partition coefficient (Wildman–Crippen LogP) is 6.11. The molecule has 3 aromatic carbocycles. The summed E-state index contributed by atoms with van der Waals surface area (Å²) in [6.45, 7) is 2.21. The molecule has 9 heteroatoms. The van der Waals surface area contributed by atoms with Crippen LogP contribution in [0.4, 0.5) is 0 Å². The molecular weight excluding hydrogens is 491 g/mol. The quantitative estimate of drug-likeness (QED) is 0.288. The van der Waals surface area contributed by atoms with E-state index in [1.807, 2.05) is 10.6 Å². The van der Waals surface area contributed by atoms with Gasteiger partial charge in [0.05, 0.1) is 24.4 Å². The monoisotopic (exact) mass is 512 g/mol. The Balaban J connectivity index is 1.61. The van der Waals surface area contributed by atoms with Gasteiger partial charge in [0.2, 0.25) is 0 Å². The van der Waals surface area contributed by atoms with Crippen molar-refractivity contribution in [2.45, 2.75) is 24.4 Å².